The zero-order valence-electron chi connectivity index (χ0n) is 20.0. The van der Waals surface area contributed by atoms with Crippen LogP contribution in [0, 0.1) is 5.92 Å². The number of rotatable bonds is 9. The van der Waals surface area contributed by atoms with E-state index in [-0.39, 0.29) is 24.3 Å². The number of nitrogens with zero attached hydrogens (tertiary/aromatic N) is 3. The summed E-state index contributed by atoms with van der Waals surface area (Å²) in [5.74, 6) is 0.579. The molecule has 4 rings (SSSR count). The summed E-state index contributed by atoms with van der Waals surface area (Å²) in [6, 6.07) is 21.5. The van der Waals surface area contributed by atoms with Crippen molar-refractivity contribution in [3.63, 3.8) is 0 Å². The van der Waals surface area contributed by atoms with Gasteiger partial charge in [-0.1, -0.05) is 81.1 Å². The van der Waals surface area contributed by atoms with Gasteiger partial charge in [-0.05, 0) is 31.4 Å². The molecule has 1 aliphatic rings. The number of hydrogen-bond acceptors (Lipinski definition) is 3. The summed E-state index contributed by atoms with van der Waals surface area (Å²) < 4.78 is 1.75. The van der Waals surface area contributed by atoms with E-state index in [9.17, 15) is 9.59 Å². The molecule has 1 fully saturated rings. The molecule has 0 atom stereocenters. The van der Waals surface area contributed by atoms with Gasteiger partial charge in [0.1, 0.15) is 5.82 Å². The van der Waals surface area contributed by atoms with Gasteiger partial charge >= 0.3 is 0 Å². The first-order valence-corrected chi connectivity index (χ1v) is 12.4. The van der Waals surface area contributed by atoms with Crippen LogP contribution >= 0.6 is 0 Å². The van der Waals surface area contributed by atoms with Crippen LogP contribution < -0.4 is 5.32 Å². The molecule has 1 heterocycles. The minimum absolute atomic E-state index is 0.0536. The third kappa shape index (κ3) is 5.93. The zero-order valence-corrected chi connectivity index (χ0v) is 20.0. The molecule has 0 unspecified atom stereocenters. The van der Waals surface area contributed by atoms with Gasteiger partial charge in [0.2, 0.25) is 11.8 Å². The van der Waals surface area contributed by atoms with Crippen LogP contribution in [0.2, 0.25) is 0 Å². The highest BCUT2D eigenvalue weighted by Crippen LogP contribution is 2.27. The Bertz CT molecular complexity index is 1070. The van der Waals surface area contributed by atoms with Gasteiger partial charge in [-0.15, -0.1) is 0 Å². The third-order valence-electron chi connectivity index (χ3n) is 6.43. The molecule has 1 saturated carbocycles. The Morgan fingerprint density at radius 1 is 1.00 bits per heavy atom. The molecule has 34 heavy (non-hydrogen) atoms. The van der Waals surface area contributed by atoms with Crippen molar-refractivity contribution in [1.82, 2.24) is 14.7 Å². The van der Waals surface area contributed by atoms with Gasteiger partial charge in [0, 0.05) is 24.1 Å². The summed E-state index contributed by atoms with van der Waals surface area (Å²) in [5.41, 5.74) is 2.62. The fourth-order valence-electron chi connectivity index (χ4n) is 4.57. The van der Waals surface area contributed by atoms with Crippen LogP contribution in [-0.2, 0) is 9.59 Å². The molecule has 1 aliphatic carbocycles. The lowest BCUT2D eigenvalue weighted by Gasteiger charge is -2.29. The van der Waals surface area contributed by atoms with E-state index in [0.29, 0.717) is 12.4 Å². The Labute approximate surface area is 202 Å². The van der Waals surface area contributed by atoms with Crippen molar-refractivity contribution in [3.05, 3.63) is 66.7 Å². The van der Waals surface area contributed by atoms with E-state index in [0.717, 1.165) is 55.5 Å². The van der Waals surface area contributed by atoms with Crippen molar-refractivity contribution in [2.75, 3.05) is 18.4 Å². The van der Waals surface area contributed by atoms with Crippen LogP contribution in [0.3, 0.4) is 0 Å². The molecule has 2 aromatic carbocycles. The monoisotopic (exact) mass is 458 g/mol. The van der Waals surface area contributed by atoms with E-state index in [1.165, 1.54) is 6.42 Å². The number of amides is 2. The number of nitrogens with one attached hydrogen (secondary N) is 1. The highest BCUT2D eigenvalue weighted by molar-refractivity contribution is 5.95. The first-order valence-electron chi connectivity index (χ1n) is 12.4. The number of anilines is 1. The normalized spacial score (nSPS) is 14.0. The lowest BCUT2D eigenvalue weighted by atomic mass is 9.88. The lowest BCUT2D eigenvalue weighted by molar-refractivity contribution is -0.139. The molecule has 1 N–H and O–H groups in total. The second-order valence-electron chi connectivity index (χ2n) is 9.02. The Hall–Kier alpha value is -3.41. The van der Waals surface area contributed by atoms with Gasteiger partial charge in [0.15, 0.2) is 0 Å². The molecule has 0 bridgehead atoms. The van der Waals surface area contributed by atoms with Crippen molar-refractivity contribution >= 4 is 17.6 Å². The summed E-state index contributed by atoms with van der Waals surface area (Å²) in [5, 5.41) is 7.79. The van der Waals surface area contributed by atoms with Crippen LogP contribution in [0.1, 0.15) is 51.9 Å². The van der Waals surface area contributed by atoms with Crippen molar-refractivity contribution in [2.45, 2.75) is 51.9 Å². The zero-order chi connectivity index (χ0) is 23.8. The maximum atomic E-state index is 13.2. The molecule has 0 radical (unpaired) electrons. The van der Waals surface area contributed by atoms with Crippen molar-refractivity contribution in [2.24, 2.45) is 5.92 Å². The molecule has 6 heteroatoms. The molecule has 0 aliphatic heterocycles. The van der Waals surface area contributed by atoms with Gasteiger partial charge < -0.3 is 10.2 Å². The second kappa shape index (κ2) is 11.6. The van der Waals surface area contributed by atoms with E-state index >= 15 is 0 Å². The molecule has 2 amide bonds. The molecular weight excluding hydrogens is 424 g/mol. The third-order valence-corrected chi connectivity index (χ3v) is 6.43. The van der Waals surface area contributed by atoms with E-state index in [4.69, 9.17) is 5.10 Å². The number of para-hydroxylation sites is 1. The summed E-state index contributed by atoms with van der Waals surface area (Å²) in [6.45, 7) is 2.79. The van der Waals surface area contributed by atoms with Gasteiger partial charge in [-0.25, -0.2) is 4.68 Å². The molecule has 6 nitrogen and oxygen atoms in total. The maximum Gasteiger partial charge on any atom is 0.245 e. The van der Waals surface area contributed by atoms with Gasteiger partial charge in [-0.3, -0.25) is 9.59 Å². The van der Waals surface area contributed by atoms with Gasteiger partial charge in [0.25, 0.3) is 0 Å². The summed E-state index contributed by atoms with van der Waals surface area (Å²) in [6.07, 6.45) is 7.15. The molecular formula is C28H34N4O2. The first kappa shape index (κ1) is 23.7. The van der Waals surface area contributed by atoms with Crippen LogP contribution in [0.15, 0.2) is 66.7 Å². The van der Waals surface area contributed by atoms with E-state index in [1.807, 2.05) is 66.7 Å². The standard InChI is InChI=1S/C28H34N4O2/c1-2-3-19-31(28(34)23-15-9-5-10-16-23)21-27(33)29-26-20-25(22-13-7-4-8-14-22)30-32(26)24-17-11-6-12-18-24/h4,6-8,11-14,17-18,20,23H,2-3,5,9-10,15-16,19,21H2,1H3,(H,29,33). The van der Waals surface area contributed by atoms with Crippen LogP contribution in [0.5, 0.6) is 0 Å². The van der Waals surface area contributed by atoms with E-state index in [2.05, 4.69) is 12.2 Å². The fraction of sp³-hybridized carbons (Fsp3) is 0.393. The SMILES string of the molecule is CCCCN(CC(=O)Nc1cc(-c2ccccc2)nn1-c1ccccc1)C(=O)C1CCCCC1. The Balaban J connectivity index is 1.54. The van der Waals surface area contributed by atoms with Crippen LogP contribution in [0.4, 0.5) is 5.82 Å². The van der Waals surface area contributed by atoms with E-state index < -0.39 is 0 Å². The highest BCUT2D eigenvalue weighted by atomic mass is 16.2. The quantitative estimate of drug-likeness (QED) is 0.448. The average Bonchev–Trinajstić information content (AvgIpc) is 3.31. The predicted octanol–water partition coefficient (Wildman–Crippen LogP) is 5.69. The number of carbonyl (C=O) groups is 2. The summed E-state index contributed by atoms with van der Waals surface area (Å²) >= 11 is 0. The number of benzene rings is 2. The van der Waals surface area contributed by atoms with Crippen molar-refractivity contribution < 1.29 is 9.59 Å². The number of carbonyl (C=O) groups excluding carboxylic acids is 2. The van der Waals surface area contributed by atoms with Gasteiger partial charge in [-0.2, -0.15) is 5.10 Å². The van der Waals surface area contributed by atoms with Crippen molar-refractivity contribution in [3.8, 4) is 16.9 Å². The largest absolute Gasteiger partial charge is 0.333 e. The summed E-state index contributed by atoms with van der Waals surface area (Å²) in [4.78, 5) is 28.1. The van der Waals surface area contributed by atoms with Gasteiger partial charge in [0.05, 0.1) is 17.9 Å². The number of unbranched alkanes of at least 4 members (excludes halogenated alkanes) is 1. The smallest absolute Gasteiger partial charge is 0.245 e. The minimum Gasteiger partial charge on any atom is -0.333 e. The molecule has 178 valence electrons. The minimum atomic E-state index is -0.197. The topological polar surface area (TPSA) is 67.2 Å². The molecule has 0 spiro atoms. The average molecular weight is 459 g/mol. The summed E-state index contributed by atoms with van der Waals surface area (Å²) in [7, 11) is 0. The molecule has 0 saturated heterocycles. The first-order chi connectivity index (χ1) is 16.7. The van der Waals surface area contributed by atoms with Crippen molar-refractivity contribution in [1.29, 1.82) is 0 Å². The Morgan fingerprint density at radius 2 is 1.68 bits per heavy atom. The van der Waals surface area contributed by atoms with Crippen LogP contribution in [0.25, 0.3) is 16.9 Å². The second-order valence-corrected chi connectivity index (χ2v) is 9.02. The number of aromatic nitrogens is 2. The lowest BCUT2D eigenvalue weighted by Crippen LogP contribution is -2.42. The van der Waals surface area contributed by atoms with E-state index in [1.54, 1.807) is 9.58 Å². The predicted molar refractivity (Wildman–Crippen MR) is 136 cm³/mol. The van der Waals surface area contributed by atoms with Crippen LogP contribution in [-0.4, -0.2) is 39.6 Å². The maximum absolute atomic E-state index is 13.2. The Morgan fingerprint density at radius 3 is 2.35 bits per heavy atom. The highest BCUT2D eigenvalue weighted by Gasteiger charge is 2.27. The number of hydrogen-bond donors (Lipinski definition) is 1. The molecule has 3 aromatic rings. The Kier molecular flexibility index (Phi) is 8.12. The molecule has 1 aromatic heterocycles. The fourth-order valence-corrected chi connectivity index (χ4v) is 4.57.